The molecule has 0 spiro atoms. The smallest absolute Gasteiger partial charge is 0.219 e. The average Bonchev–Trinajstić information content (AvgIpc) is 2.67. The molecule has 1 aliphatic rings. The molecule has 3 rings (SSSR count). The van der Waals surface area contributed by atoms with Crippen LogP contribution in [-0.4, -0.2) is 22.3 Å². The fraction of sp³-hybridized carbons (Fsp3) is 0.308. The van der Waals surface area contributed by atoms with Gasteiger partial charge >= 0.3 is 0 Å². The Morgan fingerprint density at radius 2 is 2.29 bits per heavy atom. The largest absolute Gasteiger partial charge is 0.357 e. The number of nitrogens with one attached hydrogen (secondary N) is 1. The number of H-pyrrole nitrogens is 1. The highest BCUT2D eigenvalue weighted by atomic mass is 79.9. The molecule has 17 heavy (non-hydrogen) atoms. The van der Waals surface area contributed by atoms with Gasteiger partial charge in [0.15, 0.2) is 0 Å². The molecule has 0 aliphatic carbocycles. The van der Waals surface area contributed by atoms with Crippen molar-refractivity contribution >= 4 is 32.7 Å². The third kappa shape index (κ3) is 1.67. The molecular formula is C13H13BrN2O. The van der Waals surface area contributed by atoms with Crippen molar-refractivity contribution in [3.63, 3.8) is 0 Å². The lowest BCUT2D eigenvalue weighted by Gasteiger charge is -2.25. The maximum atomic E-state index is 11.4. The quantitative estimate of drug-likeness (QED) is 0.796. The first-order valence-corrected chi connectivity index (χ1v) is 6.49. The van der Waals surface area contributed by atoms with Gasteiger partial charge in [-0.1, -0.05) is 22.0 Å². The van der Waals surface area contributed by atoms with Crippen molar-refractivity contribution < 1.29 is 4.79 Å². The first kappa shape index (κ1) is 10.8. The maximum Gasteiger partial charge on any atom is 0.219 e. The summed E-state index contributed by atoms with van der Waals surface area (Å²) in [5.41, 5.74) is 3.67. The van der Waals surface area contributed by atoms with E-state index in [0.717, 1.165) is 23.0 Å². The molecule has 0 saturated heterocycles. The van der Waals surface area contributed by atoms with Gasteiger partial charge < -0.3 is 9.88 Å². The summed E-state index contributed by atoms with van der Waals surface area (Å²) >= 11 is 3.60. The lowest BCUT2D eigenvalue weighted by Crippen LogP contribution is -2.34. The van der Waals surface area contributed by atoms with Gasteiger partial charge in [0.25, 0.3) is 0 Å². The van der Waals surface area contributed by atoms with Gasteiger partial charge in [0, 0.05) is 34.5 Å². The van der Waals surface area contributed by atoms with Crippen molar-refractivity contribution in [2.45, 2.75) is 19.9 Å². The number of nitrogens with zero attached hydrogens (tertiary/aromatic N) is 1. The zero-order chi connectivity index (χ0) is 12.0. The fourth-order valence-corrected chi connectivity index (χ4v) is 3.13. The SMILES string of the molecule is CC(=O)N1CCc2c([nH]c3cccc(Br)c23)C1. The third-order valence-corrected chi connectivity index (χ3v) is 4.05. The van der Waals surface area contributed by atoms with E-state index in [9.17, 15) is 4.79 Å². The Morgan fingerprint density at radius 3 is 3.06 bits per heavy atom. The van der Waals surface area contributed by atoms with E-state index in [-0.39, 0.29) is 5.91 Å². The summed E-state index contributed by atoms with van der Waals surface area (Å²) < 4.78 is 1.13. The van der Waals surface area contributed by atoms with Crippen molar-refractivity contribution in [1.29, 1.82) is 0 Å². The molecule has 0 unspecified atom stereocenters. The highest BCUT2D eigenvalue weighted by Crippen LogP contribution is 2.32. The summed E-state index contributed by atoms with van der Waals surface area (Å²) in [5.74, 6) is 0.147. The standard InChI is InChI=1S/C13H13BrN2O/c1-8(17)16-6-5-9-12(7-16)15-11-4-2-3-10(14)13(9)11/h2-4,15H,5-7H2,1H3. The van der Waals surface area contributed by atoms with Crippen LogP contribution in [-0.2, 0) is 17.8 Å². The van der Waals surface area contributed by atoms with Gasteiger partial charge in [-0.15, -0.1) is 0 Å². The lowest BCUT2D eigenvalue weighted by atomic mass is 10.0. The van der Waals surface area contributed by atoms with Crippen LogP contribution in [0.1, 0.15) is 18.2 Å². The predicted octanol–water partition coefficient (Wildman–Crippen LogP) is 2.84. The predicted molar refractivity (Wildman–Crippen MR) is 70.8 cm³/mol. The van der Waals surface area contributed by atoms with Crippen LogP contribution in [0.15, 0.2) is 22.7 Å². The molecule has 0 atom stereocenters. The number of benzene rings is 1. The summed E-state index contributed by atoms with van der Waals surface area (Å²) in [6, 6.07) is 6.17. The highest BCUT2D eigenvalue weighted by Gasteiger charge is 2.22. The van der Waals surface area contributed by atoms with Crippen LogP contribution < -0.4 is 0 Å². The summed E-state index contributed by atoms with van der Waals surface area (Å²) in [7, 11) is 0. The molecule has 0 saturated carbocycles. The molecule has 1 N–H and O–H groups in total. The van der Waals surface area contributed by atoms with E-state index in [0.29, 0.717) is 6.54 Å². The molecule has 1 amide bonds. The van der Waals surface area contributed by atoms with E-state index >= 15 is 0 Å². The summed E-state index contributed by atoms with van der Waals surface area (Å²) in [5, 5.41) is 1.27. The van der Waals surface area contributed by atoms with E-state index in [1.165, 1.54) is 16.6 Å². The molecule has 0 bridgehead atoms. The lowest BCUT2D eigenvalue weighted by molar-refractivity contribution is -0.129. The monoisotopic (exact) mass is 292 g/mol. The van der Waals surface area contributed by atoms with Gasteiger partial charge in [0.2, 0.25) is 5.91 Å². The second-order valence-electron chi connectivity index (χ2n) is 4.44. The van der Waals surface area contributed by atoms with E-state index in [4.69, 9.17) is 0 Å². The minimum Gasteiger partial charge on any atom is -0.357 e. The van der Waals surface area contributed by atoms with E-state index < -0.39 is 0 Å². The van der Waals surface area contributed by atoms with Gasteiger partial charge in [-0.05, 0) is 24.1 Å². The number of halogens is 1. The summed E-state index contributed by atoms with van der Waals surface area (Å²) in [6.45, 7) is 3.14. The van der Waals surface area contributed by atoms with Crippen LogP contribution in [0.5, 0.6) is 0 Å². The number of hydrogen-bond donors (Lipinski definition) is 1. The minimum atomic E-state index is 0.147. The second kappa shape index (κ2) is 3.88. The molecule has 3 nitrogen and oxygen atoms in total. The van der Waals surface area contributed by atoms with E-state index in [1.807, 2.05) is 11.0 Å². The van der Waals surface area contributed by atoms with Crippen LogP contribution in [0.4, 0.5) is 0 Å². The van der Waals surface area contributed by atoms with Crippen molar-refractivity contribution in [3.05, 3.63) is 33.9 Å². The Bertz CT molecular complexity index is 603. The molecule has 88 valence electrons. The van der Waals surface area contributed by atoms with Crippen LogP contribution in [0.3, 0.4) is 0 Å². The number of hydrogen-bond acceptors (Lipinski definition) is 1. The zero-order valence-corrected chi connectivity index (χ0v) is 11.2. The number of aromatic nitrogens is 1. The highest BCUT2D eigenvalue weighted by molar-refractivity contribution is 9.10. The van der Waals surface area contributed by atoms with Gasteiger partial charge in [-0.2, -0.15) is 0 Å². The summed E-state index contributed by atoms with van der Waals surface area (Å²) in [4.78, 5) is 16.7. The average molecular weight is 293 g/mol. The Kier molecular flexibility index (Phi) is 2.47. The topological polar surface area (TPSA) is 36.1 Å². The van der Waals surface area contributed by atoms with Crippen molar-refractivity contribution in [2.24, 2.45) is 0 Å². The number of aromatic amines is 1. The van der Waals surface area contributed by atoms with E-state index in [1.54, 1.807) is 6.92 Å². The minimum absolute atomic E-state index is 0.147. The molecule has 1 aromatic heterocycles. The normalized spacial score (nSPS) is 15.1. The molecule has 1 aromatic carbocycles. The van der Waals surface area contributed by atoms with Gasteiger partial charge in [0.1, 0.15) is 0 Å². The number of carbonyl (C=O) groups excluding carboxylic acids is 1. The Balaban J connectivity index is 2.14. The molecule has 0 fully saturated rings. The first-order chi connectivity index (χ1) is 8.16. The van der Waals surface area contributed by atoms with Crippen LogP contribution in [0.25, 0.3) is 10.9 Å². The number of amides is 1. The molecule has 0 radical (unpaired) electrons. The molecule has 4 heteroatoms. The Morgan fingerprint density at radius 1 is 1.47 bits per heavy atom. The van der Waals surface area contributed by atoms with Crippen molar-refractivity contribution in [2.75, 3.05) is 6.54 Å². The number of carbonyl (C=O) groups is 1. The number of fused-ring (bicyclic) bond motifs is 3. The zero-order valence-electron chi connectivity index (χ0n) is 9.59. The molecule has 2 aromatic rings. The third-order valence-electron chi connectivity index (χ3n) is 3.39. The van der Waals surface area contributed by atoms with Crippen LogP contribution in [0.2, 0.25) is 0 Å². The number of rotatable bonds is 0. The first-order valence-electron chi connectivity index (χ1n) is 5.70. The van der Waals surface area contributed by atoms with Crippen molar-refractivity contribution in [3.8, 4) is 0 Å². The van der Waals surface area contributed by atoms with E-state index in [2.05, 4.69) is 33.0 Å². The van der Waals surface area contributed by atoms with Crippen molar-refractivity contribution in [1.82, 2.24) is 9.88 Å². The Labute approximate surface area is 108 Å². The van der Waals surface area contributed by atoms with Gasteiger partial charge in [0.05, 0.1) is 6.54 Å². The summed E-state index contributed by atoms with van der Waals surface area (Å²) in [6.07, 6.45) is 0.928. The fourth-order valence-electron chi connectivity index (χ4n) is 2.52. The van der Waals surface area contributed by atoms with Crippen LogP contribution >= 0.6 is 15.9 Å². The van der Waals surface area contributed by atoms with Gasteiger partial charge in [-0.3, -0.25) is 4.79 Å². The maximum absolute atomic E-state index is 11.4. The second-order valence-corrected chi connectivity index (χ2v) is 5.29. The molecule has 1 aliphatic heterocycles. The van der Waals surface area contributed by atoms with Crippen LogP contribution in [0, 0.1) is 0 Å². The molecular weight excluding hydrogens is 280 g/mol. The molecule has 2 heterocycles. The Hall–Kier alpha value is -1.29. The van der Waals surface area contributed by atoms with Gasteiger partial charge in [-0.25, -0.2) is 0 Å².